The maximum atomic E-state index is 12.1. The molecule has 2 heterocycles. The molecule has 0 atom stereocenters. The summed E-state index contributed by atoms with van der Waals surface area (Å²) in [6.45, 7) is 7.51. The number of hydrogen-bond donors (Lipinski definition) is 1. The number of fused-ring (bicyclic) bond motifs is 1. The minimum atomic E-state index is -0.395. The van der Waals surface area contributed by atoms with Gasteiger partial charge in [-0.25, -0.2) is 4.79 Å². The van der Waals surface area contributed by atoms with E-state index < -0.39 is 5.69 Å². The van der Waals surface area contributed by atoms with E-state index in [1.165, 1.54) is 0 Å². The van der Waals surface area contributed by atoms with E-state index in [0.717, 1.165) is 4.57 Å². The van der Waals surface area contributed by atoms with E-state index in [2.05, 4.69) is 4.98 Å². The number of furan rings is 1. The molecule has 0 aliphatic carbocycles. The first-order chi connectivity index (χ1) is 7.91. The molecular formula is C12H16N2O3. The Morgan fingerprint density at radius 2 is 1.88 bits per heavy atom. The number of hydrogen-bond acceptors (Lipinski definition) is 3. The number of rotatable bonds is 2. The molecule has 0 aliphatic heterocycles. The number of nitrogens with one attached hydrogen (secondary N) is 1. The highest BCUT2D eigenvalue weighted by atomic mass is 16.3. The number of H-pyrrole nitrogens is 1. The summed E-state index contributed by atoms with van der Waals surface area (Å²) in [6.07, 6.45) is 0. The van der Waals surface area contributed by atoms with Gasteiger partial charge in [-0.2, -0.15) is 0 Å². The topological polar surface area (TPSA) is 68.0 Å². The highest BCUT2D eigenvalue weighted by Crippen LogP contribution is 2.20. The Balaban J connectivity index is 2.84. The summed E-state index contributed by atoms with van der Waals surface area (Å²) in [5, 5.41) is 0. The first-order valence-corrected chi connectivity index (χ1v) is 5.70. The fourth-order valence-corrected chi connectivity index (χ4v) is 1.79. The molecule has 5 heteroatoms. The zero-order chi connectivity index (χ0) is 12.7. The average Bonchev–Trinajstić information content (AvgIpc) is 2.60. The number of aromatic nitrogens is 2. The van der Waals surface area contributed by atoms with E-state index in [9.17, 15) is 9.59 Å². The standard InChI is InChI=1S/C12H16N2O3/c1-6(2)9-5-8-10(17-9)11(15)14(7(3)4)12(16)13-8/h5-7H,1-4H3,(H,13,16). The Kier molecular flexibility index (Phi) is 2.69. The Morgan fingerprint density at radius 1 is 1.24 bits per heavy atom. The lowest BCUT2D eigenvalue weighted by Crippen LogP contribution is -2.35. The van der Waals surface area contributed by atoms with Crippen molar-refractivity contribution in [1.82, 2.24) is 9.55 Å². The Morgan fingerprint density at radius 3 is 2.41 bits per heavy atom. The second kappa shape index (κ2) is 3.91. The van der Waals surface area contributed by atoms with Gasteiger partial charge in [0.1, 0.15) is 5.76 Å². The maximum Gasteiger partial charge on any atom is 0.329 e. The summed E-state index contributed by atoms with van der Waals surface area (Å²) in [5.74, 6) is 0.882. The van der Waals surface area contributed by atoms with E-state index in [4.69, 9.17) is 4.42 Å². The summed E-state index contributed by atoms with van der Waals surface area (Å²) in [4.78, 5) is 26.5. The fourth-order valence-electron chi connectivity index (χ4n) is 1.79. The molecule has 0 bridgehead atoms. The van der Waals surface area contributed by atoms with E-state index >= 15 is 0 Å². The first-order valence-electron chi connectivity index (χ1n) is 5.70. The van der Waals surface area contributed by atoms with Crippen LogP contribution in [0.1, 0.15) is 45.4 Å². The molecule has 0 aromatic carbocycles. The molecule has 1 N–H and O–H groups in total. The summed E-state index contributed by atoms with van der Waals surface area (Å²) < 4.78 is 6.67. The van der Waals surface area contributed by atoms with Gasteiger partial charge in [0.25, 0.3) is 5.56 Å². The van der Waals surface area contributed by atoms with Gasteiger partial charge >= 0.3 is 5.69 Å². The molecule has 5 nitrogen and oxygen atoms in total. The largest absolute Gasteiger partial charge is 0.453 e. The quantitative estimate of drug-likeness (QED) is 0.866. The normalized spacial score (nSPS) is 11.9. The third-order valence-corrected chi connectivity index (χ3v) is 2.71. The van der Waals surface area contributed by atoms with Crippen LogP contribution in [-0.2, 0) is 0 Å². The molecule has 2 aromatic heterocycles. The third-order valence-electron chi connectivity index (χ3n) is 2.71. The summed E-state index contributed by atoms with van der Waals surface area (Å²) in [5.41, 5.74) is -0.0677. The van der Waals surface area contributed by atoms with E-state index in [1.807, 2.05) is 13.8 Å². The molecule has 0 saturated heterocycles. The molecule has 0 radical (unpaired) electrons. The Bertz CT molecular complexity index is 658. The van der Waals surface area contributed by atoms with Crippen LogP contribution in [0.3, 0.4) is 0 Å². The smallest absolute Gasteiger partial charge is 0.329 e. The van der Waals surface area contributed by atoms with Crippen molar-refractivity contribution >= 4 is 11.1 Å². The van der Waals surface area contributed by atoms with Crippen LogP contribution in [0.4, 0.5) is 0 Å². The lowest BCUT2D eigenvalue weighted by Gasteiger charge is -2.06. The average molecular weight is 236 g/mol. The van der Waals surface area contributed by atoms with Crippen LogP contribution in [0.25, 0.3) is 11.1 Å². The van der Waals surface area contributed by atoms with Gasteiger partial charge in [0.05, 0.1) is 5.52 Å². The summed E-state index contributed by atoms with van der Waals surface area (Å²) in [7, 11) is 0. The van der Waals surface area contributed by atoms with Crippen LogP contribution >= 0.6 is 0 Å². The van der Waals surface area contributed by atoms with Crippen molar-refractivity contribution < 1.29 is 4.42 Å². The Hall–Kier alpha value is -1.78. The van der Waals surface area contributed by atoms with Gasteiger partial charge in [0, 0.05) is 18.0 Å². The van der Waals surface area contributed by atoms with Crippen molar-refractivity contribution in [1.29, 1.82) is 0 Å². The van der Waals surface area contributed by atoms with Crippen molar-refractivity contribution in [3.63, 3.8) is 0 Å². The van der Waals surface area contributed by atoms with Gasteiger partial charge < -0.3 is 9.40 Å². The summed E-state index contributed by atoms with van der Waals surface area (Å²) in [6, 6.07) is 1.52. The zero-order valence-corrected chi connectivity index (χ0v) is 10.4. The summed E-state index contributed by atoms with van der Waals surface area (Å²) >= 11 is 0. The van der Waals surface area contributed by atoms with Crippen molar-refractivity contribution in [2.24, 2.45) is 0 Å². The second-order valence-electron chi connectivity index (χ2n) is 4.75. The monoisotopic (exact) mass is 236 g/mol. The maximum absolute atomic E-state index is 12.1. The molecule has 0 unspecified atom stereocenters. The minimum absolute atomic E-state index is 0.179. The van der Waals surface area contributed by atoms with Crippen LogP contribution in [0.5, 0.6) is 0 Å². The molecule has 0 amide bonds. The van der Waals surface area contributed by atoms with Crippen molar-refractivity contribution in [3.05, 3.63) is 32.7 Å². The molecular weight excluding hydrogens is 220 g/mol. The van der Waals surface area contributed by atoms with E-state index in [-0.39, 0.29) is 23.1 Å². The fraction of sp³-hybridized carbons (Fsp3) is 0.500. The van der Waals surface area contributed by atoms with E-state index in [0.29, 0.717) is 11.3 Å². The predicted octanol–water partition coefficient (Wildman–Crippen LogP) is 1.99. The Labute approximate surface area is 98.1 Å². The second-order valence-corrected chi connectivity index (χ2v) is 4.75. The molecule has 2 rings (SSSR count). The molecule has 0 fully saturated rings. The van der Waals surface area contributed by atoms with Gasteiger partial charge in [-0.05, 0) is 13.8 Å². The molecule has 0 aliphatic rings. The molecule has 0 saturated carbocycles. The van der Waals surface area contributed by atoms with Gasteiger partial charge in [0.15, 0.2) is 0 Å². The molecule has 17 heavy (non-hydrogen) atoms. The van der Waals surface area contributed by atoms with Crippen LogP contribution in [0.15, 0.2) is 20.1 Å². The van der Waals surface area contributed by atoms with Gasteiger partial charge in [-0.3, -0.25) is 9.36 Å². The lowest BCUT2D eigenvalue weighted by molar-refractivity contribution is 0.500. The molecule has 2 aromatic rings. The number of aromatic amines is 1. The SMILES string of the molecule is CC(C)c1cc2[nH]c(=O)n(C(C)C)c(=O)c2o1. The third kappa shape index (κ3) is 1.81. The van der Waals surface area contributed by atoms with Crippen molar-refractivity contribution in [3.8, 4) is 0 Å². The molecule has 0 spiro atoms. The van der Waals surface area contributed by atoms with Crippen LogP contribution in [-0.4, -0.2) is 9.55 Å². The van der Waals surface area contributed by atoms with Gasteiger partial charge in [-0.15, -0.1) is 0 Å². The predicted molar refractivity (Wildman–Crippen MR) is 65.6 cm³/mol. The van der Waals surface area contributed by atoms with Crippen molar-refractivity contribution in [2.45, 2.75) is 39.7 Å². The molecule has 92 valence electrons. The van der Waals surface area contributed by atoms with Gasteiger partial charge in [-0.1, -0.05) is 13.8 Å². The lowest BCUT2D eigenvalue weighted by atomic mass is 10.2. The van der Waals surface area contributed by atoms with Crippen LogP contribution in [0.2, 0.25) is 0 Å². The number of nitrogens with zero attached hydrogens (tertiary/aromatic N) is 1. The highest BCUT2D eigenvalue weighted by molar-refractivity contribution is 5.71. The van der Waals surface area contributed by atoms with Crippen LogP contribution in [0, 0.1) is 0 Å². The minimum Gasteiger partial charge on any atom is -0.453 e. The highest BCUT2D eigenvalue weighted by Gasteiger charge is 2.15. The zero-order valence-electron chi connectivity index (χ0n) is 10.4. The van der Waals surface area contributed by atoms with Crippen molar-refractivity contribution in [2.75, 3.05) is 0 Å². The van der Waals surface area contributed by atoms with Crippen LogP contribution < -0.4 is 11.2 Å². The van der Waals surface area contributed by atoms with E-state index in [1.54, 1.807) is 19.9 Å². The first kappa shape index (κ1) is 11.7. The van der Waals surface area contributed by atoms with Gasteiger partial charge in [0.2, 0.25) is 5.58 Å².